The zero-order valence-electron chi connectivity index (χ0n) is 15.2. The van der Waals surface area contributed by atoms with E-state index in [1.807, 2.05) is 37.3 Å². The molecular formula is C23H23NO2. The van der Waals surface area contributed by atoms with Crippen molar-refractivity contribution in [3.63, 3.8) is 0 Å². The second-order valence-corrected chi connectivity index (χ2v) is 6.55. The van der Waals surface area contributed by atoms with Crippen LogP contribution in [0.5, 0.6) is 0 Å². The lowest BCUT2D eigenvalue weighted by atomic mass is 10.1. The number of fused-ring (bicyclic) bond motifs is 3. The predicted octanol–water partition coefficient (Wildman–Crippen LogP) is 5.33. The maximum Gasteiger partial charge on any atom is 0.191 e. The largest absolute Gasteiger partial charge is 0.349 e. The summed E-state index contributed by atoms with van der Waals surface area (Å²) in [5, 5.41) is 2.56. The van der Waals surface area contributed by atoms with Crippen LogP contribution in [0, 0.1) is 0 Å². The van der Waals surface area contributed by atoms with Crippen LogP contribution >= 0.6 is 0 Å². The van der Waals surface area contributed by atoms with Gasteiger partial charge in [-0.05, 0) is 19.1 Å². The van der Waals surface area contributed by atoms with Gasteiger partial charge in [0.05, 0.1) is 6.61 Å². The van der Waals surface area contributed by atoms with Gasteiger partial charge in [0.15, 0.2) is 5.79 Å². The molecule has 26 heavy (non-hydrogen) atoms. The van der Waals surface area contributed by atoms with Crippen molar-refractivity contribution in [1.82, 2.24) is 4.57 Å². The lowest BCUT2D eigenvalue weighted by Crippen LogP contribution is -2.29. The molecule has 3 heteroatoms. The van der Waals surface area contributed by atoms with Gasteiger partial charge in [-0.2, -0.15) is 0 Å². The van der Waals surface area contributed by atoms with E-state index in [2.05, 4.69) is 53.1 Å². The van der Waals surface area contributed by atoms with E-state index in [9.17, 15) is 0 Å². The summed E-state index contributed by atoms with van der Waals surface area (Å²) in [6.45, 7) is 3.29. The van der Waals surface area contributed by atoms with Crippen molar-refractivity contribution in [1.29, 1.82) is 0 Å². The molecule has 1 heterocycles. The van der Waals surface area contributed by atoms with Crippen LogP contribution in [0.3, 0.4) is 0 Å². The first kappa shape index (κ1) is 16.8. The Kier molecular flexibility index (Phi) is 4.49. The molecule has 0 aliphatic carbocycles. The third-order valence-electron chi connectivity index (χ3n) is 5.06. The molecule has 4 aromatic rings. The van der Waals surface area contributed by atoms with E-state index in [0.717, 1.165) is 12.1 Å². The highest BCUT2D eigenvalue weighted by Gasteiger charge is 2.26. The molecule has 132 valence electrons. The first-order valence-electron chi connectivity index (χ1n) is 8.93. The standard InChI is InChI=1S/C23H23NO2/c1-23(25-2,18-10-4-3-5-11-18)26-17-16-24-21-14-8-6-12-19(21)20-13-7-9-15-22(20)24/h3-15H,16-17H2,1-2H3/t23-/m1/s1. The van der Waals surface area contributed by atoms with Gasteiger partial charge in [-0.25, -0.2) is 0 Å². The Bertz CT molecular complexity index is 969. The van der Waals surface area contributed by atoms with E-state index in [1.54, 1.807) is 7.11 Å². The molecule has 4 rings (SSSR count). The number of methoxy groups -OCH3 is 1. The van der Waals surface area contributed by atoms with Crippen LogP contribution in [0.4, 0.5) is 0 Å². The predicted molar refractivity (Wildman–Crippen MR) is 106 cm³/mol. The Morgan fingerprint density at radius 3 is 1.88 bits per heavy atom. The highest BCUT2D eigenvalue weighted by Crippen LogP contribution is 2.30. The number of ether oxygens (including phenoxy) is 2. The molecule has 3 nitrogen and oxygen atoms in total. The molecule has 0 N–H and O–H groups in total. The Morgan fingerprint density at radius 2 is 1.31 bits per heavy atom. The monoisotopic (exact) mass is 345 g/mol. The molecule has 1 atom stereocenters. The van der Waals surface area contributed by atoms with Gasteiger partial charge >= 0.3 is 0 Å². The highest BCUT2D eigenvalue weighted by molar-refractivity contribution is 6.07. The lowest BCUT2D eigenvalue weighted by Gasteiger charge is -2.29. The summed E-state index contributed by atoms with van der Waals surface area (Å²) in [7, 11) is 1.69. The minimum atomic E-state index is -0.750. The lowest BCUT2D eigenvalue weighted by molar-refractivity contribution is -0.220. The number of nitrogens with zero attached hydrogens (tertiary/aromatic N) is 1. The van der Waals surface area contributed by atoms with E-state index < -0.39 is 5.79 Å². The number of rotatable bonds is 6. The normalized spacial score (nSPS) is 13.9. The summed E-state index contributed by atoms with van der Waals surface area (Å²) in [5.74, 6) is -0.750. The van der Waals surface area contributed by atoms with Crippen molar-refractivity contribution in [2.75, 3.05) is 13.7 Å². The molecule has 0 amide bonds. The van der Waals surface area contributed by atoms with E-state index >= 15 is 0 Å². The van der Waals surface area contributed by atoms with E-state index in [-0.39, 0.29) is 0 Å². The van der Waals surface area contributed by atoms with Crippen LogP contribution in [0.2, 0.25) is 0 Å². The second kappa shape index (κ2) is 6.94. The van der Waals surface area contributed by atoms with Gasteiger partial charge in [0.1, 0.15) is 0 Å². The summed E-state index contributed by atoms with van der Waals surface area (Å²) in [4.78, 5) is 0. The second-order valence-electron chi connectivity index (χ2n) is 6.55. The quantitative estimate of drug-likeness (QED) is 0.441. The first-order valence-corrected chi connectivity index (χ1v) is 8.93. The molecule has 0 fully saturated rings. The fourth-order valence-electron chi connectivity index (χ4n) is 3.58. The van der Waals surface area contributed by atoms with Gasteiger partial charge in [0, 0.05) is 41.0 Å². The van der Waals surface area contributed by atoms with Crippen molar-refractivity contribution in [3.05, 3.63) is 84.4 Å². The molecule has 0 unspecified atom stereocenters. The van der Waals surface area contributed by atoms with Crippen LogP contribution < -0.4 is 0 Å². The zero-order chi connectivity index (χ0) is 18.0. The molecule has 0 saturated carbocycles. The third kappa shape index (κ3) is 2.90. The van der Waals surface area contributed by atoms with Crippen LogP contribution in [0.1, 0.15) is 12.5 Å². The topological polar surface area (TPSA) is 23.4 Å². The number of hydrogen-bond acceptors (Lipinski definition) is 2. The van der Waals surface area contributed by atoms with Gasteiger partial charge in [0.25, 0.3) is 0 Å². The smallest absolute Gasteiger partial charge is 0.191 e. The SMILES string of the molecule is CO[C@](C)(OCCn1c2ccccc2c2ccccc21)c1ccccc1. The van der Waals surface area contributed by atoms with E-state index in [1.165, 1.54) is 21.8 Å². The van der Waals surface area contributed by atoms with Crippen LogP contribution in [0.15, 0.2) is 78.9 Å². The summed E-state index contributed by atoms with van der Waals surface area (Å²) < 4.78 is 14.2. The van der Waals surface area contributed by atoms with Gasteiger partial charge < -0.3 is 14.0 Å². The Balaban J connectivity index is 1.62. The summed E-state index contributed by atoms with van der Waals surface area (Å²) >= 11 is 0. The molecule has 1 aromatic heterocycles. The third-order valence-corrected chi connectivity index (χ3v) is 5.06. The fraction of sp³-hybridized carbons (Fsp3) is 0.217. The van der Waals surface area contributed by atoms with Gasteiger partial charge in [-0.1, -0.05) is 66.7 Å². The van der Waals surface area contributed by atoms with Crippen molar-refractivity contribution in [3.8, 4) is 0 Å². The summed E-state index contributed by atoms with van der Waals surface area (Å²) in [6, 6.07) is 27.1. The maximum absolute atomic E-state index is 6.19. The first-order chi connectivity index (χ1) is 12.7. The number of para-hydroxylation sites is 2. The zero-order valence-corrected chi connectivity index (χ0v) is 15.2. The summed E-state index contributed by atoms with van der Waals surface area (Å²) in [5.41, 5.74) is 3.48. The van der Waals surface area contributed by atoms with Gasteiger partial charge in [-0.15, -0.1) is 0 Å². The molecule has 0 radical (unpaired) electrons. The molecule has 0 saturated heterocycles. The average molecular weight is 345 g/mol. The van der Waals surface area contributed by atoms with Crippen LogP contribution in [0.25, 0.3) is 21.8 Å². The highest BCUT2D eigenvalue weighted by atomic mass is 16.7. The molecule has 3 aromatic carbocycles. The Morgan fingerprint density at radius 1 is 0.769 bits per heavy atom. The Hall–Kier alpha value is -2.62. The van der Waals surface area contributed by atoms with Crippen LogP contribution in [-0.4, -0.2) is 18.3 Å². The van der Waals surface area contributed by atoms with E-state index in [4.69, 9.17) is 9.47 Å². The average Bonchev–Trinajstić information content (AvgIpc) is 3.03. The van der Waals surface area contributed by atoms with Gasteiger partial charge in [-0.3, -0.25) is 0 Å². The maximum atomic E-state index is 6.19. The Labute approximate surface area is 153 Å². The number of aromatic nitrogens is 1. The van der Waals surface area contributed by atoms with Crippen molar-refractivity contribution < 1.29 is 9.47 Å². The molecule has 0 aliphatic rings. The number of hydrogen-bond donors (Lipinski definition) is 0. The molecular weight excluding hydrogens is 322 g/mol. The minimum Gasteiger partial charge on any atom is -0.349 e. The van der Waals surface area contributed by atoms with Gasteiger partial charge in [0.2, 0.25) is 0 Å². The molecule has 0 bridgehead atoms. The number of benzene rings is 3. The molecule has 0 aliphatic heterocycles. The minimum absolute atomic E-state index is 0.557. The van der Waals surface area contributed by atoms with Crippen molar-refractivity contribution in [2.45, 2.75) is 19.3 Å². The van der Waals surface area contributed by atoms with E-state index in [0.29, 0.717) is 6.61 Å². The van der Waals surface area contributed by atoms with Crippen molar-refractivity contribution >= 4 is 21.8 Å². The summed E-state index contributed by atoms with van der Waals surface area (Å²) in [6.07, 6.45) is 0. The van der Waals surface area contributed by atoms with Crippen molar-refractivity contribution in [2.24, 2.45) is 0 Å². The molecule has 0 spiro atoms. The van der Waals surface area contributed by atoms with Crippen LogP contribution in [-0.2, 0) is 21.8 Å². The fourth-order valence-corrected chi connectivity index (χ4v) is 3.58.